The number of carbonyl (C=O) groups is 3. The van der Waals surface area contributed by atoms with E-state index in [1.54, 1.807) is 13.8 Å². The molecule has 8 heteroatoms. The number of amides is 2. The average Bonchev–Trinajstić information content (AvgIpc) is 2.97. The van der Waals surface area contributed by atoms with E-state index in [1.165, 1.54) is 6.42 Å². The van der Waals surface area contributed by atoms with Crippen LogP contribution >= 0.6 is 0 Å². The Balaban J connectivity index is 0.00000590. The van der Waals surface area contributed by atoms with Gasteiger partial charge in [-0.05, 0) is 85.0 Å². The molecule has 0 aromatic rings. The monoisotopic (exact) mass is 615 g/mol. The molecule has 1 saturated heterocycles. The molecule has 8 nitrogen and oxygen atoms in total. The van der Waals surface area contributed by atoms with Crippen molar-refractivity contribution in [1.82, 2.24) is 21.3 Å². The molecule has 0 saturated carbocycles. The summed E-state index contributed by atoms with van der Waals surface area (Å²) in [5.41, 5.74) is 5.27. The van der Waals surface area contributed by atoms with E-state index in [2.05, 4.69) is 55.5 Å². The van der Waals surface area contributed by atoms with E-state index in [9.17, 15) is 14.4 Å². The summed E-state index contributed by atoms with van der Waals surface area (Å²) in [6.45, 7) is 29.9. The average molecular weight is 615 g/mol. The van der Waals surface area contributed by atoms with Gasteiger partial charge in [0.1, 0.15) is 6.54 Å². The van der Waals surface area contributed by atoms with Crippen molar-refractivity contribution in [2.45, 2.75) is 102 Å². The Kier molecular flexibility index (Phi) is 18.8. The van der Waals surface area contributed by atoms with Crippen LogP contribution in [-0.2, 0) is 14.4 Å². The lowest BCUT2D eigenvalue weighted by Gasteiger charge is -2.46. The van der Waals surface area contributed by atoms with Crippen LogP contribution in [0.1, 0.15) is 102 Å². The number of carbonyl (C=O) groups excluding carboxylic acids is 3. The predicted molar refractivity (Wildman–Crippen MR) is 186 cm³/mol. The third-order valence-corrected chi connectivity index (χ3v) is 8.26. The fraction of sp³-hybridized carbons (Fsp3) is 0.639. The third kappa shape index (κ3) is 14.2. The highest BCUT2D eigenvalue weighted by Crippen LogP contribution is 2.34. The van der Waals surface area contributed by atoms with E-state index in [0.29, 0.717) is 34.4 Å². The first-order valence-electron chi connectivity index (χ1n) is 16.2. The zero-order valence-corrected chi connectivity index (χ0v) is 30.1. The number of nitrogens with zero attached hydrogens (tertiary/aromatic N) is 1. The molecule has 0 radical (unpaired) electrons. The fourth-order valence-electron chi connectivity index (χ4n) is 4.95. The van der Waals surface area contributed by atoms with Crippen molar-refractivity contribution < 1.29 is 18.9 Å². The number of hydrogen-bond acceptors (Lipinski definition) is 5. The summed E-state index contributed by atoms with van der Waals surface area (Å²) in [7, 11) is 1.88. The molecule has 0 aliphatic carbocycles. The molecule has 1 rings (SSSR count). The second kappa shape index (κ2) is 20.1. The lowest BCUT2D eigenvalue weighted by atomic mass is 9.81. The summed E-state index contributed by atoms with van der Waals surface area (Å²) in [6, 6.07) is 0. The van der Waals surface area contributed by atoms with Gasteiger partial charge >= 0.3 is 0 Å². The molecule has 0 aromatic carbocycles. The Morgan fingerprint density at radius 2 is 1.32 bits per heavy atom. The van der Waals surface area contributed by atoms with Crippen molar-refractivity contribution in [3.8, 4) is 0 Å². The number of quaternary nitrogens is 1. The smallest absolute Gasteiger partial charge is 0.279 e. The van der Waals surface area contributed by atoms with Crippen molar-refractivity contribution in [3.63, 3.8) is 0 Å². The van der Waals surface area contributed by atoms with Crippen LogP contribution in [0.4, 0.5) is 0 Å². The summed E-state index contributed by atoms with van der Waals surface area (Å²) in [6.07, 6.45) is 7.93. The van der Waals surface area contributed by atoms with Crippen LogP contribution in [-0.4, -0.2) is 68.4 Å². The van der Waals surface area contributed by atoms with Gasteiger partial charge in [-0.25, -0.2) is 0 Å². The summed E-state index contributed by atoms with van der Waals surface area (Å²) >= 11 is 0. The first-order chi connectivity index (χ1) is 20.5. The highest BCUT2D eigenvalue weighted by molar-refractivity contribution is 5.95. The Bertz CT molecular complexity index is 1110. The van der Waals surface area contributed by atoms with Gasteiger partial charge in [0, 0.05) is 36.2 Å². The Hall–Kier alpha value is -2.97. The Labute approximate surface area is 269 Å². The van der Waals surface area contributed by atoms with Crippen LogP contribution in [0.15, 0.2) is 58.1 Å². The topological polar surface area (TPSA) is 99.3 Å². The summed E-state index contributed by atoms with van der Waals surface area (Å²) in [5.74, 6) is -0.306. The maximum atomic E-state index is 13.6. The van der Waals surface area contributed by atoms with Crippen molar-refractivity contribution in [1.29, 1.82) is 0 Å². The lowest BCUT2D eigenvalue weighted by Crippen LogP contribution is -2.59. The number of Topliss-reactive ketones (excluding diaryl/α,β-unsaturated/α-hetero) is 1. The molecular formula is C36H64N5O3+. The molecule has 1 heterocycles. The third-order valence-electron chi connectivity index (χ3n) is 8.26. The number of nitrogens with one attached hydrogen (secondary N) is 4. The van der Waals surface area contributed by atoms with Gasteiger partial charge in [0.15, 0.2) is 12.3 Å². The van der Waals surface area contributed by atoms with Gasteiger partial charge < -0.3 is 25.8 Å². The Morgan fingerprint density at radius 3 is 1.77 bits per heavy atom. The molecule has 0 aromatic heterocycles. The van der Waals surface area contributed by atoms with Crippen LogP contribution in [0.2, 0.25) is 0 Å². The Morgan fingerprint density at radius 1 is 0.818 bits per heavy atom. The first kappa shape index (κ1) is 41.0. The van der Waals surface area contributed by atoms with Gasteiger partial charge in [-0.3, -0.25) is 14.4 Å². The first-order valence-corrected chi connectivity index (χ1v) is 16.2. The molecular weight excluding hydrogens is 550 g/mol. The molecule has 0 spiro atoms. The minimum Gasteiger partial charge on any atom is -0.354 e. The predicted octanol–water partition coefficient (Wildman–Crippen LogP) is 6.05. The van der Waals surface area contributed by atoms with Crippen molar-refractivity contribution in [2.24, 2.45) is 5.41 Å². The van der Waals surface area contributed by atoms with Crippen molar-refractivity contribution >= 4 is 17.6 Å². The van der Waals surface area contributed by atoms with Crippen LogP contribution in [0.5, 0.6) is 0 Å². The normalized spacial score (nSPS) is 17.3. The molecule has 1 aliphatic heterocycles. The maximum absolute atomic E-state index is 13.6. The molecule has 0 unspecified atom stereocenters. The van der Waals surface area contributed by atoms with Crippen LogP contribution in [0, 0.1) is 5.41 Å². The van der Waals surface area contributed by atoms with Gasteiger partial charge in [0.05, 0.1) is 24.5 Å². The van der Waals surface area contributed by atoms with Gasteiger partial charge in [0.25, 0.3) is 5.91 Å². The number of allylic oxidation sites excluding steroid dienone is 5. The van der Waals surface area contributed by atoms with E-state index in [1.807, 2.05) is 53.8 Å². The van der Waals surface area contributed by atoms with Gasteiger partial charge in [-0.2, -0.15) is 0 Å². The summed E-state index contributed by atoms with van der Waals surface area (Å²) in [5, 5.41) is 12.5. The molecule has 4 N–H and O–H groups in total. The second-order valence-electron chi connectivity index (χ2n) is 13.0. The summed E-state index contributed by atoms with van der Waals surface area (Å²) in [4.78, 5) is 38.7. The number of hydrogen-bond donors (Lipinski definition) is 4. The fourth-order valence-corrected chi connectivity index (χ4v) is 4.95. The van der Waals surface area contributed by atoms with Gasteiger partial charge in [-0.15, -0.1) is 0 Å². The van der Waals surface area contributed by atoms with Crippen LogP contribution in [0.3, 0.4) is 0 Å². The zero-order chi connectivity index (χ0) is 34.1. The van der Waals surface area contributed by atoms with Gasteiger partial charge in [-0.1, -0.05) is 52.8 Å². The standard InChI is InChI=1S/C33H55N5O3.C3H8/c1-12-23(3)30(26(6)28(8)39)36-25(5)21-38(19-15-33(9,10)16-20-38)22-29(40)37-31(24(4)13-2)27(7)32(41)35-18-14-17-34-11;1-3-2/h12-13,34H,5,14-22H2,1-4,6-11H3,(H2-,35,36,37,39,40,41);3H2,1-2H3/p+1/b23-12-,24-13-;. The van der Waals surface area contributed by atoms with Crippen LogP contribution in [0.25, 0.3) is 0 Å². The molecule has 1 fully saturated rings. The molecule has 0 bridgehead atoms. The largest absolute Gasteiger partial charge is 0.354 e. The molecule has 250 valence electrons. The number of likely N-dealkylation sites (tertiary alicyclic amines) is 1. The number of ketones is 1. The molecule has 2 amide bonds. The second-order valence-corrected chi connectivity index (χ2v) is 13.0. The van der Waals surface area contributed by atoms with E-state index in [4.69, 9.17) is 0 Å². The number of piperidine rings is 1. The van der Waals surface area contributed by atoms with E-state index >= 15 is 0 Å². The van der Waals surface area contributed by atoms with E-state index in [-0.39, 0.29) is 29.6 Å². The minimum absolute atomic E-state index is 0.00426. The van der Waals surface area contributed by atoms with E-state index in [0.717, 1.165) is 61.4 Å². The van der Waals surface area contributed by atoms with Crippen molar-refractivity contribution in [2.75, 3.05) is 46.3 Å². The zero-order valence-electron chi connectivity index (χ0n) is 30.1. The molecule has 1 aliphatic rings. The lowest BCUT2D eigenvalue weighted by molar-refractivity contribution is -0.923. The van der Waals surface area contributed by atoms with Gasteiger partial charge in [0.2, 0.25) is 5.91 Å². The maximum Gasteiger partial charge on any atom is 0.279 e. The molecule has 0 atom stereocenters. The van der Waals surface area contributed by atoms with Crippen LogP contribution < -0.4 is 21.3 Å². The highest BCUT2D eigenvalue weighted by atomic mass is 16.2. The summed E-state index contributed by atoms with van der Waals surface area (Å²) < 4.78 is 0.555. The van der Waals surface area contributed by atoms with E-state index < -0.39 is 0 Å². The molecule has 44 heavy (non-hydrogen) atoms. The van der Waals surface area contributed by atoms with Crippen molar-refractivity contribution in [3.05, 3.63) is 58.1 Å². The highest BCUT2D eigenvalue weighted by Gasteiger charge is 2.39. The quantitative estimate of drug-likeness (QED) is 0.0779. The SMILES string of the molecule is C=C(C[N+]1(CC(=O)NC(/C(C)=C\C)=C(/C)C(=O)NCCCNC)CCC(C)(C)CC1)NC(/C(C)=C\C)=C(/C)C(C)=O.CCC. The minimum atomic E-state index is -0.182. The number of rotatable bonds is 15.